The summed E-state index contributed by atoms with van der Waals surface area (Å²) in [6, 6.07) is 0. The standard InChI is InChI=1S/C7H11F2NO/c1-6(2-5(11)3-10)4-7(6,8)9/h2-4,10H2,1H3. The first-order valence-electron chi connectivity index (χ1n) is 3.51. The molecule has 1 saturated carbocycles. The van der Waals surface area contributed by atoms with E-state index in [0.29, 0.717) is 0 Å². The zero-order valence-corrected chi connectivity index (χ0v) is 6.36. The molecule has 0 amide bonds. The number of hydrogen-bond donors (Lipinski definition) is 1. The first-order valence-corrected chi connectivity index (χ1v) is 3.51. The van der Waals surface area contributed by atoms with Gasteiger partial charge in [0.1, 0.15) is 5.78 Å². The Morgan fingerprint density at radius 1 is 1.64 bits per heavy atom. The maximum Gasteiger partial charge on any atom is 0.254 e. The van der Waals surface area contributed by atoms with Gasteiger partial charge in [-0.15, -0.1) is 0 Å². The van der Waals surface area contributed by atoms with Crippen molar-refractivity contribution in [3.8, 4) is 0 Å². The second-order valence-electron chi connectivity index (χ2n) is 3.36. The van der Waals surface area contributed by atoms with Crippen LogP contribution in [-0.2, 0) is 4.79 Å². The Labute approximate surface area is 63.8 Å². The molecule has 1 unspecified atom stereocenters. The van der Waals surface area contributed by atoms with E-state index in [1.165, 1.54) is 6.92 Å². The van der Waals surface area contributed by atoms with Gasteiger partial charge in [0.2, 0.25) is 0 Å². The van der Waals surface area contributed by atoms with Gasteiger partial charge in [-0.3, -0.25) is 4.79 Å². The molecule has 1 aliphatic carbocycles. The molecule has 2 nitrogen and oxygen atoms in total. The van der Waals surface area contributed by atoms with Crippen LogP contribution in [0.1, 0.15) is 19.8 Å². The molecule has 1 fully saturated rings. The summed E-state index contributed by atoms with van der Waals surface area (Å²) in [4.78, 5) is 10.7. The van der Waals surface area contributed by atoms with Gasteiger partial charge < -0.3 is 5.73 Å². The molecule has 2 N–H and O–H groups in total. The molecule has 0 aliphatic heterocycles. The maximum atomic E-state index is 12.5. The van der Waals surface area contributed by atoms with Gasteiger partial charge in [0.15, 0.2) is 0 Å². The van der Waals surface area contributed by atoms with Crippen molar-refractivity contribution in [3.05, 3.63) is 0 Å². The van der Waals surface area contributed by atoms with E-state index in [2.05, 4.69) is 0 Å². The molecule has 0 aromatic rings. The number of halogens is 2. The Hall–Kier alpha value is -0.510. The first kappa shape index (κ1) is 8.59. The lowest BCUT2D eigenvalue weighted by Gasteiger charge is -2.06. The Morgan fingerprint density at radius 3 is 2.36 bits per heavy atom. The maximum absolute atomic E-state index is 12.5. The van der Waals surface area contributed by atoms with E-state index in [1.54, 1.807) is 0 Å². The molecule has 0 spiro atoms. The summed E-state index contributed by atoms with van der Waals surface area (Å²) in [5, 5.41) is 0. The van der Waals surface area contributed by atoms with Gasteiger partial charge in [-0.05, 0) is 0 Å². The average Bonchev–Trinajstić information content (AvgIpc) is 2.31. The zero-order valence-electron chi connectivity index (χ0n) is 6.36. The molecule has 4 heteroatoms. The van der Waals surface area contributed by atoms with E-state index in [-0.39, 0.29) is 25.2 Å². The van der Waals surface area contributed by atoms with Crippen molar-refractivity contribution in [1.82, 2.24) is 0 Å². The van der Waals surface area contributed by atoms with E-state index in [9.17, 15) is 13.6 Å². The van der Waals surface area contributed by atoms with Crippen LogP contribution < -0.4 is 5.73 Å². The van der Waals surface area contributed by atoms with Crippen molar-refractivity contribution in [3.63, 3.8) is 0 Å². The minimum Gasteiger partial charge on any atom is -0.324 e. The van der Waals surface area contributed by atoms with Crippen molar-refractivity contribution >= 4 is 5.78 Å². The fourth-order valence-corrected chi connectivity index (χ4v) is 1.14. The lowest BCUT2D eigenvalue weighted by Crippen LogP contribution is -2.19. The molecule has 11 heavy (non-hydrogen) atoms. The first-order chi connectivity index (χ1) is 4.91. The monoisotopic (exact) mass is 163 g/mol. The van der Waals surface area contributed by atoms with Crippen LogP contribution >= 0.6 is 0 Å². The SMILES string of the molecule is CC1(CC(=O)CN)CC1(F)F. The molecule has 1 aliphatic rings. The predicted octanol–water partition coefficient (Wildman–Crippen LogP) is 0.950. The van der Waals surface area contributed by atoms with Crippen molar-refractivity contribution in [2.45, 2.75) is 25.7 Å². The highest BCUT2D eigenvalue weighted by Crippen LogP contribution is 2.62. The third kappa shape index (κ3) is 1.40. The lowest BCUT2D eigenvalue weighted by atomic mass is 10.0. The summed E-state index contributed by atoms with van der Waals surface area (Å²) in [6.45, 7) is 1.28. The Kier molecular flexibility index (Phi) is 1.75. The normalized spacial score (nSPS) is 33.5. The number of alkyl halides is 2. The summed E-state index contributed by atoms with van der Waals surface area (Å²) in [5.74, 6) is -2.93. The number of hydrogen-bond acceptors (Lipinski definition) is 2. The number of carbonyl (C=O) groups excluding carboxylic acids is 1. The van der Waals surface area contributed by atoms with Crippen LogP contribution in [0.5, 0.6) is 0 Å². The molecule has 0 heterocycles. The fourth-order valence-electron chi connectivity index (χ4n) is 1.14. The van der Waals surface area contributed by atoms with Crippen molar-refractivity contribution in [2.75, 3.05) is 6.54 Å². The van der Waals surface area contributed by atoms with Gasteiger partial charge in [-0.1, -0.05) is 6.92 Å². The third-order valence-corrected chi connectivity index (χ3v) is 2.19. The minimum atomic E-state index is -2.64. The quantitative estimate of drug-likeness (QED) is 0.673. The summed E-state index contributed by atoms with van der Waals surface area (Å²) in [6.07, 6.45) is -0.262. The van der Waals surface area contributed by atoms with Crippen LogP contribution in [-0.4, -0.2) is 18.3 Å². The summed E-state index contributed by atoms with van der Waals surface area (Å²) in [5.41, 5.74) is 3.91. The van der Waals surface area contributed by atoms with Crippen LogP contribution in [0.4, 0.5) is 8.78 Å². The lowest BCUT2D eigenvalue weighted by molar-refractivity contribution is -0.119. The Balaban J connectivity index is 2.46. The molecule has 0 radical (unpaired) electrons. The number of nitrogens with two attached hydrogens (primary N) is 1. The van der Waals surface area contributed by atoms with Gasteiger partial charge in [0.25, 0.3) is 5.92 Å². The zero-order chi connectivity index (χ0) is 8.70. The molecule has 0 bridgehead atoms. The molecule has 0 aromatic carbocycles. The molecule has 64 valence electrons. The minimum absolute atomic E-state index is 0.0868. The third-order valence-electron chi connectivity index (χ3n) is 2.19. The van der Waals surface area contributed by atoms with Crippen molar-refractivity contribution in [2.24, 2.45) is 11.1 Å². The van der Waals surface area contributed by atoms with Gasteiger partial charge in [-0.2, -0.15) is 0 Å². The molecular weight excluding hydrogens is 152 g/mol. The number of rotatable bonds is 3. The Morgan fingerprint density at radius 2 is 2.09 bits per heavy atom. The number of ketones is 1. The van der Waals surface area contributed by atoms with Crippen LogP contribution in [0, 0.1) is 5.41 Å². The summed E-state index contributed by atoms with van der Waals surface area (Å²) >= 11 is 0. The van der Waals surface area contributed by atoms with E-state index in [0.717, 1.165) is 0 Å². The van der Waals surface area contributed by atoms with E-state index >= 15 is 0 Å². The van der Waals surface area contributed by atoms with Gasteiger partial charge in [0, 0.05) is 18.3 Å². The highest BCUT2D eigenvalue weighted by atomic mass is 19.3. The van der Waals surface area contributed by atoms with Crippen LogP contribution in [0.3, 0.4) is 0 Å². The average molecular weight is 163 g/mol. The van der Waals surface area contributed by atoms with Crippen LogP contribution in [0.15, 0.2) is 0 Å². The van der Waals surface area contributed by atoms with Crippen molar-refractivity contribution < 1.29 is 13.6 Å². The molecular formula is C7H11F2NO. The largest absolute Gasteiger partial charge is 0.324 e. The predicted molar refractivity (Wildman–Crippen MR) is 36.3 cm³/mol. The van der Waals surface area contributed by atoms with Gasteiger partial charge >= 0.3 is 0 Å². The molecule has 1 rings (SSSR count). The molecule has 1 atom stereocenters. The smallest absolute Gasteiger partial charge is 0.254 e. The van der Waals surface area contributed by atoms with Crippen LogP contribution in [0.25, 0.3) is 0 Å². The van der Waals surface area contributed by atoms with E-state index < -0.39 is 11.3 Å². The van der Waals surface area contributed by atoms with E-state index in [1.807, 2.05) is 0 Å². The Bertz CT molecular complexity index is 193. The summed E-state index contributed by atoms with van der Waals surface area (Å²) in [7, 11) is 0. The topological polar surface area (TPSA) is 43.1 Å². The summed E-state index contributed by atoms with van der Waals surface area (Å²) < 4.78 is 25.0. The van der Waals surface area contributed by atoms with Crippen LogP contribution in [0.2, 0.25) is 0 Å². The second-order valence-corrected chi connectivity index (χ2v) is 3.36. The molecule has 0 aromatic heterocycles. The van der Waals surface area contributed by atoms with Gasteiger partial charge in [0.05, 0.1) is 6.54 Å². The van der Waals surface area contributed by atoms with Gasteiger partial charge in [-0.25, -0.2) is 8.78 Å². The number of carbonyl (C=O) groups is 1. The van der Waals surface area contributed by atoms with E-state index in [4.69, 9.17) is 5.73 Å². The number of Topliss-reactive ketones (excluding diaryl/α,β-unsaturated/α-hetero) is 1. The highest BCUT2D eigenvalue weighted by Gasteiger charge is 2.67. The highest BCUT2D eigenvalue weighted by molar-refractivity contribution is 5.81. The second kappa shape index (κ2) is 2.24. The fraction of sp³-hybridized carbons (Fsp3) is 0.857. The molecule has 0 saturated heterocycles. The van der Waals surface area contributed by atoms with Crippen molar-refractivity contribution in [1.29, 1.82) is 0 Å².